The zero-order valence-electron chi connectivity index (χ0n) is 37.7. The first-order chi connectivity index (χ1) is 31.9. The molecular weight excluding hydrogens is 850 g/mol. The molecule has 17 nitrogen and oxygen atoms in total. The van der Waals surface area contributed by atoms with Crippen LogP contribution in [0.2, 0.25) is 0 Å². The van der Waals surface area contributed by atoms with Crippen molar-refractivity contribution in [2.75, 3.05) is 90.0 Å². The number of piperazine rings is 1. The van der Waals surface area contributed by atoms with E-state index in [9.17, 15) is 33.6 Å². The second-order valence-electron chi connectivity index (χ2n) is 19.1. The molecule has 0 bridgehead atoms. The van der Waals surface area contributed by atoms with Crippen molar-refractivity contribution in [3.05, 3.63) is 63.5 Å². The van der Waals surface area contributed by atoms with Crippen molar-refractivity contribution in [1.29, 1.82) is 0 Å². The molecule has 0 radical (unpaired) electrons. The van der Waals surface area contributed by atoms with Crippen LogP contribution in [0, 0.1) is 23.6 Å². The van der Waals surface area contributed by atoms with E-state index in [-0.39, 0.29) is 41.5 Å². The maximum absolute atomic E-state index is 15.1. The highest BCUT2D eigenvalue weighted by atomic mass is 19.1. The van der Waals surface area contributed by atoms with Gasteiger partial charge < -0.3 is 24.4 Å². The highest BCUT2D eigenvalue weighted by Gasteiger charge is 2.46. The molecule has 2 N–H and O–H groups in total. The fourth-order valence-corrected chi connectivity index (χ4v) is 10.8. The van der Waals surface area contributed by atoms with Crippen molar-refractivity contribution in [2.45, 2.75) is 77.2 Å². The zero-order chi connectivity index (χ0) is 46.1. The summed E-state index contributed by atoms with van der Waals surface area (Å²) < 4.78 is 21.0. The number of nitrogens with one attached hydrogen (secondary N) is 2. The number of amides is 6. The Morgan fingerprint density at radius 1 is 0.788 bits per heavy atom. The number of hydrogen-bond donors (Lipinski definition) is 2. The van der Waals surface area contributed by atoms with E-state index in [0.717, 1.165) is 95.7 Å². The minimum absolute atomic E-state index is 0.0728. The number of piperidine rings is 4. The van der Waals surface area contributed by atoms with Gasteiger partial charge in [-0.05, 0) is 94.3 Å². The minimum atomic E-state index is -0.999. The molecule has 3 aromatic rings. The number of likely N-dealkylation sites (tertiary alicyclic amines) is 3. The van der Waals surface area contributed by atoms with E-state index in [1.807, 2.05) is 15.9 Å². The molecule has 5 saturated heterocycles. The highest BCUT2D eigenvalue weighted by molar-refractivity contribution is 6.25. The number of H-pyrrole nitrogens is 1. The van der Waals surface area contributed by atoms with E-state index in [2.05, 4.69) is 30.0 Å². The summed E-state index contributed by atoms with van der Waals surface area (Å²) in [6.45, 7) is 10.8. The predicted octanol–water partition coefficient (Wildman–Crippen LogP) is 2.81. The molecule has 7 heterocycles. The molecule has 66 heavy (non-hydrogen) atoms. The van der Waals surface area contributed by atoms with Gasteiger partial charge in [0.15, 0.2) is 0 Å². The van der Waals surface area contributed by atoms with E-state index in [1.165, 1.54) is 6.07 Å². The Morgan fingerprint density at radius 2 is 1.48 bits per heavy atom. The molecular formula is C48H60FN9O8. The summed E-state index contributed by atoms with van der Waals surface area (Å²) in [5, 5.41) is 2.18. The first kappa shape index (κ1) is 45.4. The van der Waals surface area contributed by atoms with Gasteiger partial charge in [-0.3, -0.25) is 53.6 Å². The van der Waals surface area contributed by atoms with Crippen LogP contribution < -0.4 is 20.5 Å². The van der Waals surface area contributed by atoms with Crippen LogP contribution in [0.5, 0.6) is 5.75 Å². The zero-order valence-corrected chi connectivity index (χ0v) is 37.7. The van der Waals surface area contributed by atoms with Gasteiger partial charge in [-0.15, -0.1) is 0 Å². The second kappa shape index (κ2) is 19.6. The number of imide groups is 2. The summed E-state index contributed by atoms with van der Waals surface area (Å²) >= 11 is 0. The Labute approximate surface area is 383 Å². The fourth-order valence-electron chi connectivity index (χ4n) is 10.8. The van der Waals surface area contributed by atoms with Crippen LogP contribution in [-0.4, -0.2) is 161 Å². The standard InChI is InChI=1S/C48H60FN9O8/c1-30(59)55-17-13-33(14-18-55)29-66-34-25-36(49)44-37(26-34)50-40(51-46(44)63)7-5-31-9-15-53(16-10-31)28-42(61)57-19-11-32(12-20-57)27-54-21-23-56(24-22-54)38-4-2-3-35-43(38)48(65)58(47(35)64)39-6-8-41(60)52-45(39)62/h2-4,25-26,31-33,39H,5-24,27-29H2,1H3,(H,50,51,63)(H,52,60,62). The molecule has 6 aliphatic heterocycles. The molecule has 5 fully saturated rings. The van der Waals surface area contributed by atoms with Crippen LogP contribution >= 0.6 is 0 Å². The van der Waals surface area contributed by atoms with E-state index in [4.69, 9.17) is 4.74 Å². The number of carbonyl (C=O) groups is 6. The molecule has 1 aromatic heterocycles. The first-order valence-electron chi connectivity index (χ1n) is 23.8. The topological polar surface area (TPSA) is 189 Å². The van der Waals surface area contributed by atoms with Gasteiger partial charge in [0.05, 0.1) is 35.5 Å². The van der Waals surface area contributed by atoms with Crippen molar-refractivity contribution in [3.63, 3.8) is 0 Å². The largest absolute Gasteiger partial charge is 0.493 e. The van der Waals surface area contributed by atoms with Gasteiger partial charge in [-0.1, -0.05) is 6.07 Å². The third-order valence-electron chi connectivity index (χ3n) is 14.8. The smallest absolute Gasteiger partial charge is 0.264 e. The van der Waals surface area contributed by atoms with Crippen LogP contribution in [0.15, 0.2) is 35.1 Å². The van der Waals surface area contributed by atoms with Crippen LogP contribution in [0.25, 0.3) is 10.9 Å². The predicted molar refractivity (Wildman–Crippen MR) is 241 cm³/mol. The average Bonchev–Trinajstić information content (AvgIpc) is 3.56. The molecule has 0 saturated carbocycles. The summed E-state index contributed by atoms with van der Waals surface area (Å²) in [6.07, 6.45) is 7.02. The quantitative estimate of drug-likeness (QED) is 0.254. The molecule has 6 amide bonds. The van der Waals surface area contributed by atoms with Gasteiger partial charge in [0.2, 0.25) is 23.6 Å². The molecule has 0 spiro atoms. The number of ether oxygens (including phenoxy) is 1. The lowest BCUT2D eigenvalue weighted by molar-refractivity contribution is -0.136. The first-order valence-corrected chi connectivity index (χ1v) is 23.8. The Kier molecular flexibility index (Phi) is 13.5. The number of aromatic nitrogens is 2. The number of rotatable bonds is 12. The third kappa shape index (κ3) is 9.85. The van der Waals surface area contributed by atoms with Crippen molar-refractivity contribution < 1.29 is 37.9 Å². The van der Waals surface area contributed by atoms with Crippen molar-refractivity contribution >= 4 is 52.0 Å². The van der Waals surface area contributed by atoms with Crippen molar-refractivity contribution in [1.82, 2.24) is 39.8 Å². The number of hydrogen-bond acceptors (Lipinski definition) is 12. The normalized spacial score (nSPS) is 22.1. The maximum atomic E-state index is 15.1. The van der Waals surface area contributed by atoms with E-state index in [1.54, 1.807) is 25.1 Å². The Hall–Kier alpha value is -5.75. The Morgan fingerprint density at radius 3 is 2.20 bits per heavy atom. The number of benzene rings is 2. The van der Waals surface area contributed by atoms with Gasteiger partial charge >= 0.3 is 0 Å². The summed E-state index contributed by atoms with van der Waals surface area (Å²) in [6, 6.07) is 7.15. The molecule has 352 valence electrons. The van der Waals surface area contributed by atoms with Crippen molar-refractivity contribution in [2.24, 2.45) is 17.8 Å². The van der Waals surface area contributed by atoms with Crippen LogP contribution in [0.1, 0.15) is 91.3 Å². The van der Waals surface area contributed by atoms with Crippen LogP contribution in [0.3, 0.4) is 0 Å². The molecule has 1 unspecified atom stereocenters. The van der Waals surface area contributed by atoms with Gasteiger partial charge in [0.25, 0.3) is 17.4 Å². The summed E-state index contributed by atoms with van der Waals surface area (Å²) in [7, 11) is 0. The number of anilines is 1. The third-order valence-corrected chi connectivity index (χ3v) is 14.8. The van der Waals surface area contributed by atoms with Crippen molar-refractivity contribution in [3.8, 4) is 5.75 Å². The summed E-state index contributed by atoms with van der Waals surface area (Å²) in [5.41, 5.74) is 1.09. The highest BCUT2D eigenvalue weighted by Crippen LogP contribution is 2.35. The molecule has 0 aliphatic carbocycles. The Balaban J connectivity index is 0.683. The molecule has 1 atom stereocenters. The molecule has 2 aromatic carbocycles. The lowest BCUT2D eigenvalue weighted by atomic mass is 9.92. The van der Waals surface area contributed by atoms with Gasteiger partial charge in [0.1, 0.15) is 28.8 Å². The second-order valence-corrected chi connectivity index (χ2v) is 19.1. The number of carbonyl (C=O) groups excluding carboxylic acids is 6. The minimum Gasteiger partial charge on any atom is -0.493 e. The lowest BCUT2D eigenvalue weighted by Gasteiger charge is -2.40. The average molecular weight is 910 g/mol. The molecule has 9 rings (SSSR count). The molecule has 6 aliphatic rings. The number of halogens is 1. The fraction of sp³-hybridized carbons (Fsp3) is 0.583. The van der Waals surface area contributed by atoms with E-state index in [0.29, 0.717) is 86.0 Å². The SMILES string of the molecule is CC(=O)N1CCC(COc2cc(F)c3c(=O)[nH]c(CCC4CCN(CC(=O)N5CCC(CN6CCN(c7cccc8c7C(=O)N(C7CCC(=O)NC7=O)C8=O)CC6)CC5)CC4)nc3c2)CC1. The number of nitrogens with zero attached hydrogens (tertiary/aromatic N) is 7. The lowest BCUT2D eigenvalue weighted by Crippen LogP contribution is -2.54. The maximum Gasteiger partial charge on any atom is 0.264 e. The van der Waals surface area contributed by atoms with Crippen LogP contribution in [-0.2, 0) is 25.6 Å². The van der Waals surface area contributed by atoms with Gasteiger partial charge in [0, 0.05) is 90.8 Å². The summed E-state index contributed by atoms with van der Waals surface area (Å²) in [5.74, 6) is -0.392. The summed E-state index contributed by atoms with van der Waals surface area (Å²) in [4.78, 5) is 108. The number of fused-ring (bicyclic) bond motifs is 2. The van der Waals surface area contributed by atoms with E-state index >= 15 is 4.39 Å². The van der Waals surface area contributed by atoms with Crippen LogP contribution in [0.4, 0.5) is 10.1 Å². The number of aromatic amines is 1. The van der Waals surface area contributed by atoms with Gasteiger partial charge in [-0.2, -0.15) is 0 Å². The van der Waals surface area contributed by atoms with Gasteiger partial charge in [-0.25, -0.2) is 9.37 Å². The monoisotopic (exact) mass is 909 g/mol. The Bertz CT molecular complexity index is 2430. The molecule has 18 heteroatoms. The number of aryl methyl sites for hydroxylation is 1. The van der Waals surface area contributed by atoms with E-state index < -0.39 is 41.0 Å².